The van der Waals surface area contributed by atoms with Crippen molar-refractivity contribution >= 4 is 34.2 Å². The number of nitrogens with zero attached hydrogens (tertiary/aromatic N) is 2. The number of nitrogens with two attached hydrogens (primary N) is 1. The molecule has 2 heterocycles. The Balaban J connectivity index is 1.90. The Morgan fingerprint density at radius 2 is 1.94 bits per heavy atom. The van der Waals surface area contributed by atoms with Crippen LogP contribution in [0, 0.1) is 13.8 Å². The van der Waals surface area contributed by atoms with Gasteiger partial charge in [0.25, 0.3) is 5.91 Å². The number of hydrogen-bond donors (Lipinski definition) is 3. The lowest BCUT2D eigenvalue weighted by Crippen LogP contribution is -2.14. The number of carbonyl (C=O) groups excluding carboxylic acids is 1. The van der Waals surface area contributed by atoms with Crippen LogP contribution in [-0.4, -0.2) is 34.2 Å². The van der Waals surface area contributed by atoms with Crippen molar-refractivity contribution < 1.29 is 24.0 Å². The van der Waals surface area contributed by atoms with Crippen molar-refractivity contribution in [3.05, 3.63) is 65.2 Å². The fraction of sp³-hybridized carbons (Fsp3) is 0.130. The summed E-state index contributed by atoms with van der Waals surface area (Å²) in [5.74, 6) is -0.675. The molecule has 0 aliphatic carbocycles. The van der Waals surface area contributed by atoms with E-state index in [4.69, 9.17) is 15.0 Å². The van der Waals surface area contributed by atoms with E-state index in [2.05, 4.69) is 15.5 Å². The molecule has 162 valence electrons. The minimum absolute atomic E-state index is 0.0629. The summed E-state index contributed by atoms with van der Waals surface area (Å²) in [7, 11) is 1.47. The second-order valence-corrected chi connectivity index (χ2v) is 7.19. The van der Waals surface area contributed by atoms with Gasteiger partial charge in [-0.1, -0.05) is 17.3 Å². The maximum absolute atomic E-state index is 12.1. The SMILES string of the molecule is COc1ccc(C(=O)O)cc1Nc1c(C(N)=O)cnc2cc(-c3c(C)noc3C)ccc12. The van der Waals surface area contributed by atoms with Crippen LogP contribution < -0.4 is 15.8 Å². The van der Waals surface area contributed by atoms with Gasteiger partial charge in [-0.15, -0.1) is 0 Å². The zero-order valence-electron chi connectivity index (χ0n) is 17.6. The third-order valence-corrected chi connectivity index (χ3v) is 5.16. The number of carboxylic acids is 1. The Hall–Kier alpha value is -4.40. The third kappa shape index (κ3) is 3.60. The number of primary amides is 1. The second-order valence-electron chi connectivity index (χ2n) is 7.19. The van der Waals surface area contributed by atoms with Gasteiger partial charge in [0.2, 0.25) is 0 Å². The average Bonchev–Trinajstić information content (AvgIpc) is 3.11. The number of aromatic nitrogens is 2. The predicted octanol–water partition coefficient (Wildman–Crippen LogP) is 4.06. The Morgan fingerprint density at radius 3 is 2.56 bits per heavy atom. The molecule has 2 aromatic heterocycles. The minimum atomic E-state index is -1.09. The number of aromatic carboxylic acids is 1. The molecule has 32 heavy (non-hydrogen) atoms. The van der Waals surface area contributed by atoms with E-state index in [1.165, 1.54) is 31.5 Å². The number of amides is 1. The van der Waals surface area contributed by atoms with E-state index in [0.717, 1.165) is 16.8 Å². The summed E-state index contributed by atoms with van der Waals surface area (Å²) in [6, 6.07) is 9.94. The van der Waals surface area contributed by atoms with Crippen LogP contribution in [0.3, 0.4) is 0 Å². The normalized spacial score (nSPS) is 10.8. The van der Waals surface area contributed by atoms with Crippen LogP contribution in [0.15, 0.2) is 47.1 Å². The standard InChI is InChI=1S/C23H20N4O5/c1-11-20(12(2)32-27-11)13-4-6-15-17(8-13)25-10-16(22(24)28)21(15)26-18-9-14(23(29)30)5-7-19(18)31-3/h4-10H,1-3H3,(H2,24,28)(H,25,26)(H,29,30). The molecule has 2 aromatic carbocycles. The number of aryl methyl sites for hydroxylation is 2. The van der Waals surface area contributed by atoms with Gasteiger partial charge < -0.3 is 25.4 Å². The molecule has 0 spiro atoms. The number of anilines is 2. The van der Waals surface area contributed by atoms with Crippen LogP contribution in [0.2, 0.25) is 0 Å². The first-order valence-corrected chi connectivity index (χ1v) is 9.64. The Labute approximate surface area is 182 Å². The van der Waals surface area contributed by atoms with Crippen molar-refractivity contribution in [2.24, 2.45) is 5.73 Å². The zero-order valence-corrected chi connectivity index (χ0v) is 17.6. The molecule has 4 rings (SSSR count). The van der Waals surface area contributed by atoms with Crippen LogP contribution in [-0.2, 0) is 0 Å². The lowest BCUT2D eigenvalue weighted by Gasteiger charge is -2.16. The first kappa shape index (κ1) is 20.9. The number of ether oxygens (including phenoxy) is 1. The van der Waals surface area contributed by atoms with Crippen LogP contribution in [0.4, 0.5) is 11.4 Å². The first-order valence-electron chi connectivity index (χ1n) is 9.64. The first-order chi connectivity index (χ1) is 15.3. The highest BCUT2D eigenvalue weighted by atomic mass is 16.5. The topological polar surface area (TPSA) is 141 Å². The van der Waals surface area contributed by atoms with Crippen LogP contribution in [0.1, 0.15) is 32.2 Å². The van der Waals surface area contributed by atoms with Crippen molar-refractivity contribution in [3.63, 3.8) is 0 Å². The largest absolute Gasteiger partial charge is 0.495 e. The maximum Gasteiger partial charge on any atom is 0.335 e. The smallest absolute Gasteiger partial charge is 0.335 e. The molecule has 0 saturated heterocycles. The quantitative estimate of drug-likeness (QED) is 0.414. The van der Waals surface area contributed by atoms with Gasteiger partial charge in [-0.25, -0.2) is 4.79 Å². The van der Waals surface area contributed by atoms with E-state index in [1.54, 1.807) is 0 Å². The molecule has 4 aromatic rings. The van der Waals surface area contributed by atoms with Crippen LogP contribution >= 0.6 is 0 Å². The van der Waals surface area contributed by atoms with E-state index in [1.807, 2.05) is 32.0 Å². The summed E-state index contributed by atoms with van der Waals surface area (Å²) in [6.07, 6.45) is 1.39. The number of benzene rings is 2. The van der Waals surface area contributed by atoms with Gasteiger partial charge in [0.15, 0.2) is 0 Å². The number of nitrogens with one attached hydrogen (secondary N) is 1. The van der Waals surface area contributed by atoms with Gasteiger partial charge in [0, 0.05) is 17.1 Å². The molecule has 0 aliphatic heterocycles. The highest BCUT2D eigenvalue weighted by Crippen LogP contribution is 2.36. The van der Waals surface area contributed by atoms with Gasteiger partial charge in [-0.05, 0) is 43.7 Å². The van der Waals surface area contributed by atoms with Crippen LogP contribution in [0.5, 0.6) is 5.75 Å². The molecule has 0 saturated carbocycles. The second kappa shape index (κ2) is 8.03. The molecule has 9 heteroatoms. The van der Waals surface area contributed by atoms with E-state index < -0.39 is 11.9 Å². The monoisotopic (exact) mass is 432 g/mol. The number of methoxy groups -OCH3 is 1. The lowest BCUT2D eigenvalue weighted by molar-refractivity contribution is 0.0696. The van der Waals surface area contributed by atoms with Crippen molar-refractivity contribution in [2.45, 2.75) is 13.8 Å². The maximum atomic E-state index is 12.1. The molecule has 0 atom stereocenters. The third-order valence-electron chi connectivity index (χ3n) is 5.16. The molecule has 0 aliphatic rings. The summed E-state index contributed by atoms with van der Waals surface area (Å²) < 4.78 is 10.6. The molecular weight excluding hydrogens is 412 g/mol. The summed E-state index contributed by atoms with van der Waals surface area (Å²) in [6.45, 7) is 3.69. The summed E-state index contributed by atoms with van der Waals surface area (Å²) >= 11 is 0. The van der Waals surface area contributed by atoms with Crippen LogP contribution in [0.25, 0.3) is 22.0 Å². The van der Waals surface area contributed by atoms with Gasteiger partial charge in [-0.3, -0.25) is 9.78 Å². The number of rotatable bonds is 6. The molecule has 4 N–H and O–H groups in total. The van der Waals surface area contributed by atoms with Gasteiger partial charge in [-0.2, -0.15) is 0 Å². The van der Waals surface area contributed by atoms with Gasteiger partial charge in [0.1, 0.15) is 11.5 Å². The molecule has 0 fully saturated rings. The zero-order chi connectivity index (χ0) is 23.0. The fourth-order valence-corrected chi connectivity index (χ4v) is 3.64. The molecule has 1 amide bonds. The lowest BCUT2D eigenvalue weighted by atomic mass is 10.0. The number of carboxylic acid groups (broad SMARTS) is 1. The number of pyridine rings is 1. The van der Waals surface area contributed by atoms with E-state index >= 15 is 0 Å². The summed E-state index contributed by atoms with van der Waals surface area (Å²) in [4.78, 5) is 28.0. The molecule has 0 unspecified atom stereocenters. The molecule has 9 nitrogen and oxygen atoms in total. The molecular formula is C23H20N4O5. The fourth-order valence-electron chi connectivity index (χ4n) is 3.64. The Morgan fingerprint density at radius 1 is 1.16 bits per heavy atom. The van der Waals surface area contributed by atoms with Gasteiger partial charge >= 0.3 is 5.97 Å². The molecule has 0 radical (unpaired) electrons. The molecule has 0 bridgehead atoms. The van der Waals surface area contributed by atoms with Crippen molar-refractivity contribution in [1.29, 1.82) is 0 Å². The Bertz CT molecular complexity index is 1360. The predicted molar refractivity (Wildman–Crippen MR) is 118 cm³/mol. The minimum Gasteiger partial charge on any atom is -0.495 e. The number of hydrogen-bond acceptors (Lipinski definition) is 7. The number of carbonyl (C=O) groups is 2. The number of fused-ring (bicyclic) bond motifs is 1. The average molecular weight is 432 g/mol. The summed E-state index contributed by atoms with van der Waals surface area (Å²) in [5, 5.41) is 17.1. The van der Waals surface area contributed by atoms with E-state index in [-0.39, 0.29) is 11.1 Å². The van der Waals surface area contributed by atoms with E-state index in [9.17, 15) is 14.7 Å². The summed E-state index contributed by atoms with van der Waals surface area (Å²) in [5.41, 5.74) is 9.67. The van der Waals surface area contributed by atoms with Crippen molar-refractivity contribution in [2.75, 3.05) is 12.4 Å². The van der Waals surface area contributed by atoms with Crippen molar-refractivity contribution in [3.8, 4) is 16.9 Å². The Kier molecular flexibility index (Phi) is 5.23. The van der Waals surface area contributed by atoms with Gasteiger partial charge in [0.05, 0.1) is 40.8 Å². The van der Waals surface area contributed by atoms with E-state index in [0.29, 0.717) is 33.8 Å². The van der Waals surface area contributed by atoms with Crippen molar-refractivity contribution in [1.82, 2.24) is 10.1 Å². The highest BCUT2D eigenvalue weighted by molar-refractivity contribution is 6.08. The highest BCUT2D eigenvalue weighted by Gasteiger charge is 2.18.